The van der Waals surface area contributed by atoms with Gasteiger partial charge in [-0.05, 0) is 31.0 Å². The lowest BCUT2D eigenvalue weighted by atomic mass is 10.1. The largest absolute Gasteiger partial charge is 0.481 e. The summed E-state index contributed by atoms with van der Waals surface area (Å²) >= 11 is 3.38. The number of amides is 2. The molecule has 0 aromatic heterocycles. The van der Waals surface area contributed by atoms with Crippen LogP contribution in [0.25, 0.3) is 0 Å². The van der Waals surface area contributed by atoms with Gasteiger partial charge in [-0.1, -0.05) is 35.0 Å². The normalized spacial score (nSPS) is 13.3. The van der Waals surface area contributed by atoms with E-state index in [4.69, 9.17) is 5.11 Å². The Morgan fingerprint density at radius 1 is 1.35 bits per heavy atom. The molecule has 2 unspecified atom stereocenters. The molecule has 0 fully saturated rings. The van der Waals surface area contributed by atoms with Crippen LogP contribution >= 0.6 is 15.9 Å². The van der Waals surface area contributed by atoms with Crippen molar-refractivity contribution in [1.82, 2.24) is 10.6 Å². The minimum Gasteiger partial charge on any atom is -0.481 e. The molecule has 5 nitrogen and oxygen atoms in total. The third-order valence-corrected chi connectivity index (χ3v) is 3.44. The number of aliphatic carboxylic acids is 1. The number of rotatable bonds is 6. The highest BCUT2D eigenvalue weighted by molar-refractivity contribution is 9.10. The van der Waals surface area contributed by atoms with Crippen LogP contribution in [0, 0.1) is 0 Å². The zero-order valence-electron chi connectivity index (χ0n) is 11.5. The quantitative estimate of drug-likeness (QED) is 0.743. The third kappa shape index (κ3) is 5.61. The highest BCUT2D eigenvalue weighted by atomic mass is 79.9. The van der Waals surface area contributed by atoms with Crippen LogP contribution in [0.4, 0.5) is 4.79 Å². The van der Waals surface area contributed by atoms with Crippen LogP contribution in [0.1, 0.15) is 38.3 Å². The van der Waals surface area contributed by atoms with E-state index in [0.29, 0.717) is 6.42 Å². The van der Waals surface area contributed by atoms with Crippen molar-refractivity contribution < 1.29 is 14.7 Å². The van der Waals surface area contributed by atoms with E-state index in [1.165, 1.54) is 0 Å². The Hall–Kier alpha value is -1.56. The van der Waals surface area contributed by atoms with Gasteiger partial charge in [0.25, 0.3) is 0 Å². The lowest BCUT2D eigenvalue weighted by Gasteiger charge is -2.19. The second-order valence-corrected chi connectivity index (χ2v) is 5.51. The van der Waals surface area contributed by atoms with Gasteiger partial charge in [-0.2, -0.15) is 0 Å². The summed E-state index contributed by atoms with van der Waals surface area (Å²) in [5.41, 5.74) is 0.973. The standard InChI is InChI=1S/C14H19BrN2O3/c1-3-12(8-13(18)19)17-14(20)16-9(2)10-5-4-6-11(15)7-10/h4-7,9,12H,3,8H2,1-2H3,(H,18,19)(H2,16,17,20). The number of carboxylic acids is 1. The summed E-state index contributed by atoms with van der Waals surface area (Å²) in [4.78, 5) is 22.5. The molecule has 6 heteroatoms. The molecule has 1 rings (SSSR count). The van der Waals surface area contributed by atoms with Gasteiger partial charge in [0.2, 0.25) is 0 Å². The maximum Gasteiger partial charge on any atom is 0.315 e. The first-order chi connectivity index (χ1) is 9.42. The van der Waals surface area contributed by atoms with Gasteiger partial charge < -0.3 is 15.7 Å². The third-order valence-electron chi connectivity index (χ3n) is 2.95. The zero-order chi connectivity index (χ0) is 15.1. The van der Waals surface area contributed by atoms with E-state index in [0.717, 1.165) is 10.0 Å². The lowest BCUT2D eigenvalue weighted by molar-refractivity contribution is -0.137. The van der Waals surface area contributed by atoms with Crippen molar-refractivity contribution in [1.29, 1.82) is 0 Å². The van der Waals surface area contributed by atoms with Crippen LogP contribution in [0.3, 0.4) is 0 Å². The van der Waals surface area contributed by atoms with Gasteiger partial charge >= 0.3 is 12.0 Å². The topological polar surface area (TPSA) is 78.4 Å². The summed E-state index contributed by atoms with van der Waals surface area (Å²) in [7, 11) is 0. The Labute approximate surface area is 126 Å². The van der Waals surface area contributed by atoms with Crippen molar-refractivity contribution in [3.8, 4) is 0 Å². The molecule has 110 valence electrons. The molecule has 20 heavy (non-hydrogen) atoms. The molecule has 1 aromatic rings. The first-order valence-electron chi connectivity index (χ1n) is 6.46. The van der Waals surface area contributed by atoms with E-state index in [1.54, 1.807) is 0 Å². The van der Waals surface area contributed by atoms with E-state index < -0.39 is 5.97 Å². The number of carbonyl (C=O) groups is 2. The molecular weight excluding hydrogens is 324 g/mol. The molecule has 0 aliphatic rings. The number of carboxylic acid groups (broad SMARTS) is 1. The lowest BCUT2D eigenvalue weighted by Crippen LogP contribution is -2.43. The molecule has 2 atom stereocenters. The first kappa shape index (κ1) is 16.5. The number of carbonyl (C=O) groups excluding carboxylic acids is 1. The number of hydrogen-bond donors (Lipinski definition) is 3. The molecule has 0 saturated carbocycles. The summed E-state index contributed by atoms with van der Waals surface area (Å²) in [6.07, 6.45) is 0.500. The molecule has 0 bridgehead atoms. The Morgan fingerprint density at radius 2 is 2.05 bits per heavy atom. The fourth-order valence-electron chi connectivity index (χ4n) is 1.79. The van der Waals surface area contributed by atoms with Crippen molar-refractivity contribution in [3.63, 3.8) is 0 Å². The number of nitrogens with one attached hydrogen (secondary N) is 2. The van der Waals surface area contributed by atoms with E-state index in [2.05, 4.69) is 26.6 Å². The van der Waals surface area contributed by atoms with Crippen molar-refractivity contribution in [2.45, 2.75) is 38.8 Å². The van der Waals surface area contributed by atoms with E-state index in [1.807, 2.05) is 38.1 Å². The summed E-state index contributed by atoms with van der Waals surface area (Å²) in [6.45, 7) is 3.71. The SMILES string of the molecule is CCC(CC(=O)O)NC(=O)NC(C)c1cccc(Br)c1. The first-order valence-corrected chi connectivity index (χ1v) is 7.26. The van der Waals surface area contributed by atoms with Crippen LogP contribution in [-0.2, 0) is 4.79 Å². The molecule has 0 heterocycles. The second-order valence-electron chi connectivity index (χ2n) is 4.60. The number of hydrogen-bond acceptors (Lipinski definition) is 2. The molecular formula is C14H19BrN2O3. The average molecular weight is 343 g/mol. The zero-order valence-corrected chi connectivity index (χ0v) is 13.1. The molecule has 2 amide bonds. The average Bonchev–Trinajstić information content (AvgIpc) is 2.37. The van der Waals surface area contributed by atoms with Crippen molar-refractivity contribution >= 4 is 27.9 Å². The number of benzene rings is 1. The van der Waals surface area contributed by atoms with Crippen LogP contribution in [0.5, 0.6) is 0 Å². The Bertz CT molecular complexity index is 479. The van der Waals surface area contributed by atoms with Gasteiger partial charge in [0, 0.05) is 10.5 Å². The Morgan fingerprint density at radius 3 is 2.60 bits per heavy atom. The minimum absolute atomic E-state index is 0.0742. The Balaban J connectivity index is 2.55. The monoisotopic (exact) mass is 342 g/mol. The number of urea groups is 1. The van der Waals surface area contributed by atoms with Crippen LogP contribution < -0.4 is 10.6 Å². The number of halogens is 1. The highest BCUT2D eigenvalue weighted by Gasteiger charge is 2.15. The molecule has 0 spiro atoms. The van der Waals surface area contributed by atoms with Gasteiger partial charge in [-0.3, -0.25) is 4.79 Å². The fraction of sp³-hybridized carbons (Fsp3) is 0.429. The molecule has 3 N–H and O–H groups in total. The summed E-state index contributed by atoms with van der Waals surface area (Å²) in [6, 6.07) is 6.79. The van der Waals surface area contributed by atoms with Gasteiger partial charge in [0.15, 0.2) is 0 Å². The fourth-order valence-corrected chi connectivity index (χ4v) is 2.21. The van der Waals surface area contributed by atoms with E-state index in [9.17, 15) is 9.59 Å². The molecule has 0 aliphatic carbocycles. The second kappa shape index (κ2) is 7.89. The Kier molecular flexibility index (Phi) is 6.51. The minimum atomic E-state index is -0.919. The highest BCUT2D eigenvalue weighted by Crippen LogP contribution is 2.17. The molecule has 0 saturated heterocycles. The maximum absolute atomic E-state index is 11.8. The van der Waals surface area contributed by atoms with Gasteiger partial charge in [0.05, 0.1) is 12.5 Å². The summed E-state index contributed by atoms with van der Waals surface area (Å²) in [5.74, 6) is -0.919. The van der Waals surface area contributed by atoms with Crippen LogP contribution in [0.2, 0.25) is 0 Å². The summed E-state index contributed by atoms with van der Waals surface area (Å²) < 4.78 is 0.946. The maximum atomic E-state index is 11.8. The van der Waals surface area contributed by atoms with E-state index >= 15 is 0 Å². The van der Waals surface area contributed by atoms with Crippen molar-refractivity contribution in [3.05, 3.63) is 34.3 Å². The molecule has 0 aliphatic heterocycles. The molecule has 0 radical (unpaired) electrons. The molecule has 1 aromatic carbocycles. The van der Waals surface area contributed by atoms with Crippen LogP contribution in [-0.4, -0.2) is 23.1 Å². The van der Waals surface area contributed by atoms with Crippen LogP contribution in [0.15, 0.2) is 28.7 Å². The van der Waals surface area contributed by atoms with Gasteiger partial charge in [0.1, 0.15) is 0 Å². The smallest absolute Gasteiger partial charge is 0.315 e. The summed E-state index contributed by atoms with van der Waals surface area (Å²) in [5, 5.41) is 14.2. The van der Waals surface area contributed by atoms with Gasteiger partial charge in [-0.15, -0.1) is 0 Å². The predicted octanol–water partition coefficient (Wildman–Crippen LogP) is 3.06. The van der Waals surface area contributed by atoms with Gasteiger partial charge in [-0.25, -0.2) is 4.79 Å². The predicted molar refractivity (Wildman–Crippen MR) is 80.6 cm³/mol. The van der Waals surface area contributed by atoms with Crippen molar-refractivity contribution in [2.24, 2.45) is 0 Å². The van der Waals surface area contributed by atoms with Crippen molar-refractivity contribution in [2.75, 3.05) is 0 Å². The van der Waals surface area contributed by atoms with E-state index in [-0.39, 0.29) is 24.5 Å².